The van der Waals surface area contributed by atoms with Gasteiger partial charge in [0.2, 0.25) is 5.91 Å². The Hall–Kier alpha value is -0.970. The second-order valence-corrected chi connectivity index (χ2v) is 7.05. The number of hydrogen-bond donors (Lipinski definition) is 0. The Morgan fingerprint density at radius 1 is 1.22 bits per heavy atom. The third-order valence-corrected chi connectivity index (χ3v) is 5.45. The number of hydrogen-bond acceptors (Lipinski definition) is 1. The van der Waals surface area contributed by atoms with Crippen LogP contribution in [0, 0.1) is 35.5 Å². The second-order valence-electron chi connectivity index (χ2n) is 7.05. The summed E-state index contributed by atoms with van der Waals surface area (Å²) in [6.45, 7) is 0.450. The molecule has 1 amide bonds. The van der Waals surface area contributed by atoms with Crippen molar-refractivity contribution in [1.29, 1.82) is 0 Å². The molecule has 0 aromatic heterocycles. The fraction of sp³-hybridized carbons (Fsp3) is 0.812. The highest BCUT2D eigenvalue weighted by Gasteiger charge is 2.51. The minimum Gasteiger partial charge on any atom is -0.335 e. The van der Waals surface area contributed by atoms with Gasteiger partial charge in [-0.25, -0.2) is 0 Å². The Morgan fingerprint density at radius 2 is 1.72 bits per heavy atom. The molecule has 0 N–H and O–H groups in total. The van der Waals surface area contributed by atoms with Gasteiger partial charge in [0.05, 0.1) is 6.54 Å². The smallest absolute Gasteiger partial charge is 0.223 e. The molecule has 0 aliphatic heterocycles. The Labute approximate surface area is 110 Å². The zero-order valence-corrected chi connectivity index (χ0v) is 11.3. The average Bonchev–Trinajstić information content (AvgIpc) is 2.26. The lowest BCUT2D eigenvalue weighted by molar-refractivity contribution is -0.137. The molecule has 2 heteroatoms. The number of carbonyl (C=O) groups is 1. The first-order chi connectivity index (χ1) is 8.60. The maximum absolute atomic E-state index is 12.2. The van der Waals surface area contributed by atoms with Crippen molar-refractivity contribution in [1.82, 2.24) is 4.90 Å². The van der Waals surface area contributed by atoms with E-state index in [-0.39, 0.29) is 5.91 Å². The van der Waals surface area contributed by atoms with Crippen LogP contribution in [0.2, 0.25) is 0 Å². The van der Waals surface area contributed by atoms with Crippen LogP contribution in [0.3, 0.4) is 0 Å². The van der Waals surface area contributed by atoms with Crippen molar-refractivity contribution in [3.63, 3.8) is 0 Å². The molecule has 0 saturated heterocycles. The Kier molecular flexibility index (Phi) is 2.88. The van der Waals surface area contributed by atoms with E-state index in [2.05, 4.69) is 5.92 Å². The number of nitrogens with zero attached hydrogens (tertiary/aromatic N) is 1. The molecular weight excluding hydrogens is 222 g/mol. The number of rotatable bonds is 3. The summed E-state index contributed by atoms with van der Waals surface area (Å²) in [4.78, 5) is 14.0. The molecule has 0 aromatic carbocycles. The van der Waals surface area contributed by atoms with Gasteiger partial charge >= 0.3 is 0 Å². The molecule has 4 bridgehead atoms. The topological polar surface area (TPSA) is 20.3 Å². The van der Waals surface area contributed by atoms with Crippen LogP contribution in [-0.2, 0) is 4.79 Å². The minimum absolute atomic E-state index is 0.259. The molecule has 18 heavy (non-hydrogen) atoms. The quantitative estimate of drug-likeness (QED) is 0.700. The summed E-state index contributed by atoms with van der Waals surface area (Å²) in [6, 6.07) is 0. The molecular formula is C16H23NO. The van der Waals surface area contributed by atoms with Gasteiger partial charge in [0.1, 0.15) is 0 Å². The van der Waals surface area contributed by atoms with Crippen molar-refractivity contribution in [3.05, 3.63) is 0 Å². The van der Waals surface area contributed by atoms with Gasteiger partial charge in [-0.2, -0.15) is 0 Å². The van der Waals surface area contributed by atoms with Crippen LogP contribution in [-0.4, -0.2) is 24.4 Å². The van der Waals surface area contributed by atoms with Gasteiger partial charge in [-0.1, -0.05) is 5.92 Å². The molecule has 0 heterocycles. The van der Waals surface area contributed by atoms with Gasteiger partial charge in [-0.15, -0.1) is 6.42 Å². The molecule has 0 unspecified atom stereocenters. The first-order valence-electron chi connectivity index (χ1n) is 7.28. The summed E-state index contributed by atoms with van der Waals surface area (Å²) in [6.07, 6.45) is 14.2. The summed E-state index contributed by atoms with van der Waals surface area (Å²) in [5.74, 6) is 5.58. The second kappa shape index (κ2) is 4.30. The van der Waals surface area contributed by atoms with Crippen molar-refractivity contribution < 1.29 is 4.79 Å². The molecule has 0 aromatic rings. The van der Waals surface area contributed by atoms with E-state index < -0.39 is 0 Å². The van der Waals surface area contributed by atoms with Crippen LogP contribution in [0.5, 0.6) is 0 Å². The SMILES string of the molecule is C#CCN(C)C(=O)CC12CC3CC(CC(C3)C1)C2. The van der Waals surface area contributed by atoms with E-state index in [1.807, 2.05) is 7.05 Å². The van der Waals surface area contributed by atoms with Crippen molar-refractivity contribution in [3.8, 4) is 12.3 Å². The molecule has 0 spiro atoms. The zero-order valence-electron chi connectivity index (χ0n) is 11.3. The maximum Gasteiger partial charge on any atom is 0.223 e. The van der Waals surface area contributed by atoms with Crippen LogP contribution in [0.4, 0.5) is 0 Å². The first-order valence-corrected chi connectivity index (χ1v) is 7.28. The lowest BCUT2D eigenvalue weighted by atomic mass is 9.49. The molecule has 0 radical (unpaired) electrons. The third kappa shape index (κ3) is 2.05. The predicted molar refractivity (Wildman–Crippen MR) is 71.7 cm³/mol. The van der Waals surface area contributed by atoms with Gasteiger partial charge in [0.15, 0.2) is 0 Å². The molecule has 4 aliphatic rings. The summed E-state index contributed by atoms with van der Waals surface area (Å²) >= 11 is 0. The van der Waals surface area contributed by atoms with Crippen LogP contribution in [0.15, 0.2) is 0 Å². The lowest BCUT2D eigenvalue weighted by Crippen LogP contribution is -2.48. The van der Waals surface area contributed by atoms with Gasteiger partial charge in [-0.3, -0.25) is 4.79 Å². The van der Waals surface area contributed by atoms with Crippen LogP contribution < -0.4 is 0 Å². The van der Waals surface area contributed by atoms with Crippen LogP contribution in [0.1, 0.15) is 44.9 Å². The fourth-order valence-corrected chi connectivity index (χ4v) is 5.19. The van der Waals surface area contributed by atoms with Gasteiger partial charge in [0.25, 0.3) is 0 Å². The normalized spacial score (nSPS) is 40.6. The molecule has 4 aliphatic carbocycles. The molecule has 4 rings (SSSR count). The summed E-state index contributed by atoms with van der Waals surface area (Å²) < 4.78 is 0. The third-order valence-electron chi connectivity index (χ3n) is 5.45. The highest BCUT2D eigenvalue weighted by molar-refractivity contribution is 5.77. The van der Waals surface area contributed by atoms with E-state index in [0.29, 0.717) is 12.0 Å². The predicted octanol–water partition coefficient (Wildman–Crippen LogP) is 2.68. The van der Waals surface area contributed by atoms with Crippen molar-refractivity contribution in [2.75, 3.05) is 13.6 Å². The van der Waals surface area contributed by atoms with E-state index in [1.165, 1.54) is 38.5 Å². The number of carbonyl (C=O) groups excluding carboxylic acids is 1. The van der Waals surface area contributed by atoms with Crippen molar-refractivity contribution in [2.45, 2.75) is 44.9 Å². The van der Waals surface area contributed by atoms with Crippen molar-refractivity contribution in [2.24, 2.45) is 23.2 Å². The van der Waals surface area contributed by atoms with Gasteiger partial charge in [-0.05, 0) is 61.7 Å². The monoisotopic (exact) mass is 245 g/mol. The van der Waals surface area contributed by atoms with Crippen LogP contribution >= 0.6 is 0 Å². The van der Waals surface area contributed by atoms with E-state index in [0.717, 1.165) is 24.2 Å². The fourth-order valence-electron chi connectivity index (χ4n) is 5.19. The van der Waals surface area contributed by atoms with Gasteiger partial charge in [0, 0.05) is 13.5 Å². The maximum atomic E-state index is 12.2. The van der Waals surface area contributed by atoms with E-state index in [4.69, 9.17) is 6.42 Å². The largest absolute Gasteiger partial charge is 0.335 e. The average molecular weight is 245 g/mol. The van der Waals surface area contributed by atoms with Crippen LogP contribution in [0.25, 0.3) is 0 Å². The molecule has 4 saturated carbocycles. The standard InChI is InChI=1S/C16H23NO/c1-3-4-17(2)15(18)11-16-8-12-5-13(9-16)7-14(6-12)10-16/h1,12-14H,4-11H2,2H3. The molecule has 2 nitrogen and oxygen atoms in total. The van der Waals surface area contributed by atoms with Crippen molar-refractivity contribution >= 4 is 5.91 Å². The summed E-state index contributed by atoms with van der Waals surface area (Å²) in [5.41, 5.74) is 0.342. The molecule has 4 fully saturated rings. The van der Waals surface area contributed by atoms with E-state index in [1.54, 1.807) is 4.90 Å². The molecule has 98 valence electrons. The Bertz CT molecular complexity index is 357. The summed E-state index contributed by atoms with van der Waals surface area (Å²) in [7, 11) is 1.84. The Balaban J connectivity index is 1.69. The highest BCUT2D eigenvalue weighted by atomic mass is 16.2. The summed E-state index contributed by atoms with van der Waals surface area (Å²) in [5, 5.41) is 0. The van der Waals surface area contributed by atoms with E-state index >= 15 is 0 Å². The minimum atomic E-state index is 0.259. The Morgan fingerprint density at radius 3 is 2.17 bits per heavy atom. The highest BCUT2D eigenvalue weighted by Crippen LogP contribution is 2.61. The number of terminal acetylenes is 1. The van der Waals surface area contributed by atoms with E-state index in [9.17, 15) is 4.79 Å². The zero-order chi connectivity index (χ0) is 12.8. The lowest BCUT2D eigenvalue weighted by Gasteiger charge is -2.56. The number of amides is 1. The van der Waals surface area contributed by atoms with Gasteiger partial charge < -0.3 is 4.90 Å². The first kappa shape index (κ1) is 12.1. The molecule has 0 atom stereocenters.